The van der Waals surface area contributed by atoms with Crippen LogP contribution >= 0.6 is 11.6 Å². The van der Waals surface area contributed by atoms with Crippen LogP contribution in [-0.4, -0.2) is 16.7 Å². The standard InChI is InChI=1S/C24H16ClN3O5/c25-17-6-1-5-16(12-17)23(29)26-18-7-3-8-19(14-18)27-24(30)22-11-10-21(33-22)15-4-2-9-20(13-15)28(31)32/h1-14H,(H,26,29)(H,27,30). The van der Waals surface area contributed by atoms with Crippen molar-refractivity contribution in [2.75, 3.05) is 10.6 Å². The molecule has 4 rings (SSSR count). The van der Waals surface area contributed by atoms with Crippen LogP contribution in [0.2, 0.25) is 5.02 Å². The zero-order chi connectivity index (χ0) is 23.4. The highest BCUT2D eigenvalue weighted by Crippen LogP contribution is 2.26. The van der Waals surface area contributed by atoms with Crippen molar-refractivity contribution < 1.29 is 18.9 Å². The molecule has 1 heterocycles. The lowest BCUT2D eigenvalue weighted by atomic mass is 10.1. The maximum absolute atomic E-state index is 12.6. The third kappa shape index (κ3) is 5.25. The van der Waals surface area contributed by atoms with Crippen LogP contribution in [0.1, 0.15) is 20.9 Å². The maximum Gasteiger partial charge on any atom is 0.291 e. The predicted molar refractivity (Wildman–Crippen MR) is 125 cm³/mol. The van der Waals surface area contributed by atoms with Crippen molar-refractivity contribution in [2.24, 2.45) is 0 Å². The summed E-state index contributed by atoms with van der Waals surface area (Å²) in [5.41, 5.74) is 1.73. The molecule has 0 saturated heterocycles. The summed E-state index contributed by atoms with van der Waals surface area (Å²) >= 11 is 5.93. The molecule has 0 aliphatic rings. The number of rotatable bonds is 6. The summed E-state index contributed by atoms with van der Waals surface area (Å²) in [7, 11) is 0. The lowest BCUT2D eigenvalue weighted by Gasteiger charge is -2.08. The van der Waals surface area contributed by atoms with Crippen LogP contribution in [0.5, 0.6) is 0 Å². The van der Waals surface area contributed by atoms with Crippen LogP contribution in [0, 0.1) is 10.1 Å². The minimum atomic E-state index is -0.509. The van der Waals surface area contributed by atoms with Crippen LogP contribution in [0.4, 0.5) is 17.1 Å². The van der Waals surface area contributed by atoms with Gasteiger partial charge in [-0.05, 0) is 48.5 Å². The number of benzene rings is 3. The molecule has 3 aromatic carbocycles. The number of nitrogens with one attached hydrogen (secondary N) is 2. The molecular formula is C24H16ClN3O5. The fourth-order valence-electron chi connectivity index (χ4n) is 3.09. The smallest absolute Gasteiger partial charge is 0.291 e. The summed E-state index contributed by atoms with van der Waals surface area (Å²) in [5.74, 6) is -0.491. The summed E-state index contributed by atoms with van der Waals surface area (Å²) in [6.07, 6.45) is 0. The number of nitro groups is 1. The van der Waals surface area contributed by atoms with Gasteiger partial charge in [-0.15, -0.1) is 0 Å². The Morgan fingerprint density at radius 2 is 1.52 bits per heavy atom. The van der Waals surface area contributed by atoms with Gasteiger partial charge in [0.2, 0.25) is 0 Å². The molecule has 0 bridgehead atoms. The number of nitrogens with zero attached hydrogens (tertiary/aromatic N) is 1. The predicted octanol–water partition coefficient (Wildman–Crippen LogP) is 6.01. The average Bonchev–Trinajstić information content (AvgIpc) is 3.30. The molecule has 0 saturated carbocycles. The van der Waals surface area contributed by atoms with Crippen LogP contribution in [0.15, 0.2) is 89.3 Å². The first kappa shape index (κ1) is 21.8. The Bertz CT molecular complexity index is 1370. The van der Waals surface area contributed by atoms with E-state index < -0.39 is 10.8 Å². The van der Waals surface area contributed by atoms with E-state index in [9.17, 15) is 19.7 Å². The molecule has 0 unspecified atom stereocenters. The van der Waals surface area contributed by atoms with E-state index in [1.807, 2.05) is 0 Å². The van der Waals surface area contributed by atoms with Gasteiger partial charge in [-0.2, -0.15) is 0 Å². The zero-order valence-corrected chi connectivity index (χ0v) is 17.7. The van der Waals surface area contributed by atoms with Gasteiger partial charge in [0.05, 0.1) is 4.92 Å². The normalized spacial score (nSPS) is 10.5. The van der Waals surface area contributed by atoms with Crippen molar-refractivity contribution in [1.29, 1.82) is 0 Å². The second kappa shape index (κ2) is 9.37. The first-order valence-electron chi connectivity index (χ1n) is 9.72. The van der Waals surface area contributed by atoms with E-state index >= 15 is 0 Å². The van der Waals surface area contributed by atoms with Crippen LogP contribution in [-0.2, 0) is 0 Å². The number of non-ortho nitro benzene ring substituents is 1. The summed E-state index contributed by atoms with van der Waals surface area (Å²) in [6, 6.07) is 22.2. The van der Waals surface area contributed by atoms with E-state index in [4.69, 9.17) is 16.0 Å². The minimum Gasteiger partial charge on any atom is -0.451 e. The molecule has 2 N–H and O–H groups in total. The first-order chi connectivity index (χ1) is 15.9. The fourth-order valence-corrected chi connectivity index (χ4v) is 3.28. The Morgan fingerprint density at radius 1 is 0.818 bits per heavy atom. The maximum atomic E-state index is 12.6. The number of hydrogen-bond donors (Lipinski definition) is 2. The molecule has 0 atom stereocenters. The molecule has 0 fully saturated rings. The molecule has 4 aromatic rings. The van der Waals surface area contributed by atoms with Crippen molar-refractivity contribution in [3.8, 4) is 11.3 Å². The molecule has 8 nitrogen and oxygen atoms in total. The van der Waals surface area contributed by atoms with E-state index in [2.05, 4.69) is 10.6 Å². The monoisotopic (exact) mass is 461 g/mol. The number of nitro benzene ring substituents is 1. The number of amides is 2. The summed E-state index contributed by atoms with van der Waals surface area (Å²) < 4.78 is 5.59. The lowest BCUT2D eigenvalue weighted by Crippen LogP contribution is -2.13. The highest BCUT2D eigenvalue weighted by Gasteiger charge is 2.15. The number of carbonyl (C=O) groups is 2. The van der Waals surface area contributed by atoms with E-state index in [1.54, 1.807) is 66.7 Å². The van der Waals surface area contributed by atoms with Crippen molar-refractivity contribution in [2.45, 2.75) is 0 Å². The topological polar surface area (TPSA) is 114 Å². The van der Waals surface area contributed by atoms with Crippen molar-refractivity contribution in [1.82, 2.24) is 0 Å². The van der Waals surface area contributed by atoms with Gasteiger partial charge in [0.15, 0.2) is 5.76 Å². The molecule has 33 heavy (non-hydrogen) atoms. The Hall–Kier alpha value is -4.43. The molecule has 0 radical (unpaired) electrons. The largest absolute Gasteiger partial charge is 0.451 e. The third-order valence-electron chi connectivity index (χ3n) is 4.64. The Morgan fingerprint density at radius 3 is 2.24 bits per heavy atom. The van der Waals surface area contributed by atoms with E-state index in [0.717, 1.165) is 0 Å². The minimum absolute atomic E-state index is 0.0323. The molecule has 1 aromatic heterocycles. The van der Waals surface area contributed by atoms with Gasteiger partial charge in [-0.1, -0.05) is 35.9 Å². The number of halogens is 1. The third-order valence-corrected chi connectivity index (χ3v) is 4.87. The molecule has 0 aliphatic heterocycles. The highest BCUT2D eigenvalue weighted by atomic mass is 35.5. The second-order valence-corrected chi connectivity index (χ2v) is 7.41. The number of anilines is 2. The van der Waals surface area contributed by atoms with Gasteiger partial charge in [-0.25, -0.2) is 0 Å². The number of hydrogen-bond acceptors (Lipinski definition) is 5. The molecule has 0 spiro atoms. The molecular weight excluding hydrogens is 446 g/mol. The SMILES string of the molecule is O=C(Nc1cccc(NC(=O)c2ccc(-c3cccc([N+](=O)[O-])c3)o2)c1)c1cccc(Cl)c1. The Labute approximate surface area is 193 Å². The van der Waals surface area contributed by atoms with Gasteiger partial charge >= 0.3 is 0 Å². The van der Waals surface area contributed by atoms with Crippen LogP contribution in [0.25, 0.3) is 11.3 Å². The lowest BCUT2D eigenvalue weighted by molar-refractivity contribution is -0.384. The van der Waals surface area contributed by atoms with E-state index in [1.165, 1.54) is 18.2 Å². The van der Waals surface area contributed by atoms with Crippen molar-refractivity contribution in [3.05, 3.63) is 111 Å². The molecule has 9 heteroatoms. The van der Waals surface area contributed by atoms with Gasteiger partial charge in [0.25, 0.3) is 17.5 Å². The second-order valence-electron chi connectivity index (χ2n) is 6.97. The number of carbonyl (C=O) groups excluding carboxylic acids is 2. The Kier molecular flexibility index (Phi) is 6.19. The fraction of sp³-hybridized carbons (Fsp3) is 0. The summed E-state index contributed by atoms with van der Waals surface area (Å²) in [6.45, 7) is 0. The summed E-state index contributed by atoms with van der Waals surface area (Å²) in [5, 5.41) is 16.9. The van der Waals surface area contributed by atoms with Crippen molar-refractivity contribution in [3.63, 3.8) is 0 Å². The van der Waals surface area contributed by atoms with Gasteiger partial charge in [0, 0.05) is 39.7 Å². The van der Waals surface area contributed by atoms with E-state index in [-0.39, 0.29) is 17.4 Å². The Balaban J connectivity index is 1.46. The molecule has 164 valence electrons. The van der Waals surface area contributed by atoms with Crippen LogP contribution in [0.3, 0.4) is 0 Å². The van der Waals surface area contributed by atoms with Gasteiger partial charge in [0.1, 0.15) is 5.76 Å². The molecule has 2 amide bonds. The van der Waals surface area contributed by atoms with Crippen molar-refractivity contribution >= 4 is 40.5 Å². The number of furan rings is 1. The van der Waals surface area contributed by atoms with Crippen LogP contribution < -0.4 is 10.6 Å². The van der Waals surface area contributed by atoms with Gasteiger partial charge < -0.3 is 15.1 Å². The van der Waals surface area contributed by atoms with E-state index in [0.29, 0.717) is 33.3 Å². The van der Waals surface area contributed by atoms with Gasteiger partial charge in [-0.3, -0.25) is 19.7 Å². The highest BCUT2D eigenvalue weighted by molar-refractivity contribution is 6.31. The average molecular weight is 462 g/mol. The summed E-state index contributed by atoms with van der Waals surface area (Å²) in [4.78, 5) is 35.5. The first-order valence-corrected chi connectivity index (χ1v) is 10.1. The molecule has 0 aliphatic carbocycles. The zero-order valence-electron chi connectivity index (χ0n) is 16.9. The quantitative estimate of drug-likeness (QED) is 0.269.